The summed E-state index contributed by atoms with van der Waals surface area (Å²) in [5.74, 6) is -5.84. The fourth-order valence-electron chi connectivity index (χ4n) is 7.42. The number of amides is 1. The molecular weight excluding hydrogens is 562 g/mol. The number of phenolic OH excluding ortho intramolecular Hbond substituents is 1. The first kappa shape index (κ1) is 33.3. The van der Waals surface area contributed by atoms with E-state index in [4.69, 9.17) is 5.73 Å². The zero-order valence-electron chi connectivity index (χ0n) is 27.5. The van der Waals surface area contributed by atoms with Crippen LogP contribution in [0.3, 0.4) is 0 Å². The van der Waals surface area contributed by atoms with E-state index >= 15 is 0 Å². The summed E-state index contributed by atoms with van der Waals surface area (Å²) in [4.78, 5) is 43.3. The molecule has 7 N–H and O–H groups in total. The molecule has 0 saturated heterocycles. The van der Waals surface area contributed by atoms with Gasteiger partial charge in [0.2, 0.25) is 0 Å². The molecule has 0 spiro atoms. The van der Waals surface area contributed by atoms with Crippen molar-refractivity contribution in [1.82, 2.24) is 10.2 Å². The number of aromatic hydroxyl groups is 1. The summed E-state index contributed by atoms with van der Waals surface area (Å²) in [6, 6.07) is 1.08. The number of ketones is 2. The van der Waals surface area contributed by atoms with Crippen LogP contribution >= 0.6 is 0 Å². The minimum atomic E-state index is -1.28. The van der Waals surface area contributed by atoms with Crippen LogP contribution in [-0.4, -0.2) is 89.5 Å². The second-order valence-corrected chi connectivity index (χ2v) is 14.3. The second kappa shape index (κ2) is 11.7. The number of fused-ring (bicyclic) bond motifs is 3. The van der Waals surface area contributed by atoms with Gasteiger partial charge in [-0.1, -0.05) is 6.92 Å². The van der Waals surface area contributed by atoms with Crippen molar-refractivity contribution in [3.05, 3.63) is 34.1 Å². The highest BCUT2D eigenvalue weighted by atomic mass is 16.3. The van der Waals surface area contributed by atoms with Gasteiger partial charge in [0.15, 0.2) is 11.6 Å². The lowest BCUT2D eigenvalue weighted by Crippen LogP contribution is -2.55. The SMILES string of the molecule is CCC(C)(C)NC(C)(C)CCNc1cc(N(C)C)c2c(c1O)C(O)=C1C(=O)[C@H]3C(=O)C(C(N)=O)=C(O)[C@@H](N(C)C)[C@@H]3C[C@@H]1C2. The monoisotopic (exact) mass is 611 g/mol. The molecule has 0 heterocycles. The Bertz CT molecular complexity index is 1440. The van der Waals surface area contributed by atoms with Gasteiger partial charge in [0.25, 0.3) is 5.91 Å². The lowest BCUT2D eigenvalue weighted by atomic mass is 9.59. The predicted molar refractivity (Wildman–Crippen MR) is 172 cm³/mol. The van der Waals surface area contributed by atoms with Gasteiger partial charge in [-0.05, 0) is 90.9 Å². The predicted octanol–water partition coefficient (Wildman–Crippen LogP) is 3.27. The molecule has 242 valence electrons. The van der Waals surface area contributed by atoms with E-state index in [0.29, 0.717) is 30.6 Å². The molecular formula is C33H49N5O6. The summed E-state index contributed by atoms with van der Waals surface area (Å²) >= 11 is 0. The number of Topliss-reactive ketones (excluding diaryl/α,β-unsaturated/α-hetero) is 2. The number of carbonyl (C=O) groups is 3. The van der Waals surface area contributed by atoms with Gasteiger partial charge in [-0.2, -0.15) is 0 Å². The number of likely N-dealkylation sites (N-methyl/N-ethyl adjacent to an activating group) is 1. The molecule has 44 heavy (non-hydrogen) atoms. The van der Waals surface area contributed by atoms with E-state index in [-0.39, 0.29) is 33.7 Å². The quantitative estimate of drug-likeness (QED) is 0.131. The Balaban J connectivity index is 1.75. The zero-order chi connectivity index (χ0) is 33.0. The van der Waals surface area contributed by atoms with E-state index in [1.807, 2.05) is 25.1 Å². The van der Waals surface area contributed by atoms with Crippen molar-refractivity contribution in [2.45, 2.75) is 77.4 Å². The third-order valence-electron chi connectivity index (χ3n) is 9.65. The van der Waals surface area contributed by atoms with Gasteiger partial charge in [-0.15, -0.1) is 0 Å². The van der Waals surface area contributed by atoms with Crippen LogP contribution in [0.4, 0.5) is 11.4 Å². The van der Waals surface area contributed by atoms with Crippen molar-refractivity contribution in [2.75, 3.05) is 45.0 Å². The molecule has 1 fully saturated rings. The van der Waals surface area contributed by atoms with Gasteiger partial charge in [-0.3, -0.25) is 19.3 Å². The Hall–Kier alpha value is -3.57. The minimum Gasteiger partial charge on any atom is -0.510 e. The number of aliphatic hydroxyl groups is 2. The molecule has 4 atom stereocenters. The lowest BCUT2D eigenvalue weighted by Gasteiger charge is -2.46. The number of primary amides is 1. The Morgan fingerprint density at radius 3 is 2.23 bits per heavy atom. The van der Waals surface area contributed by atoms with E-state index in [2.05, 4.69) is 45.3 Å². The van der Waals surface area contributed by atoms with Crippen LogP contribution in [0, 0.1) is 17.8 Å². The summed E-state index contributed by atoms with van der Waals surface area (Å²) in [5.41, 5.74) is 6.82. The average Bonchev–Trinajstić information content (AvgIpc) is 2.88. The molecule has 0 bridgehead atoms. The van der Waals surface area contributed by atoms with Crippen LogP contribution in [0.5, 0.6) is 5.75 Å². The van der Waals surface area contributed by atoms with Crippen LogP contribution in [-0.2, 0) is 20.8 Å². The van der Waals surface area contributed by atoms with Crippen LogP contribution < -0.4 is 21.3 Å². The number of aliphatic hydroxyl groups excluding tert-OH is 2. The number of phenols is 1. The van der Waals surface area contributed by atoms with Crippen molar-refractivity contribution in [3.8, 4) is 5.75 Å². The molecule has 11 heteroatoms. The summed E-state index contributed by atoms with van der Waals surface area (Å²) < 4.78 is 0. The first-order valence-corrected chi connectivity index (χ1v) is 15.3. The number of carbonyl (C=O) groups excluding carboxylic acids is 3. The van der Waals surface area contributed by atoms with Crippen LogP contribution in [0.1, 0.15) is 65.0 Å². The molecule has 4 rings (SSSR count). The number of anilines is 2. The Kier molecular flexibility index (Phi) is 8.89. The Labute approximate surface area is 260 Å². The second-order valence-electron chi connectivity index (χ2n) is 14.3. The lowest BCUT2D eigenvalue weighted by molar-refractivity contribution is -0.136. The molecule has 1 aromatic carbocycles. The van der Waals surface area contributed by atoms with E-state index in [1.54, 1.807) is 19.0 Å². The van der Waals surface area contributed by atoms with Gasteiger partial charge in [0, 0.05) is 43.0 Å². The smallest absolute Gasteiger partial charge is 0.255 e. The maximum absolute atomic E-state index is 14.1. The van der Waals surface area contributed by atoms with Crippen molar-refractivity contribution in [3.63, 3.8) is 0 Å². The Morgan fingerprint density at radius 1 is 1.05 bits per heavy atom. The fraction of sp³-hybridized carbons (Fsp3) is 0.606. The molecule has 0 aromatic heterocycles. The molecule has 0 unspecified atom stereocenters. The number of nitrogens with two attached hydrogens (primary N) is 1. The van der Waals surface area contributed by atoms with Gasteiger partial charge in [0.1, 0.15) is 22.8 Å². The number of allylic oxidation sites excluding steroid dienone is 1. The molecule has 0 radical (unpaired) electrons. The average molecular weight is 612 g/mol. The van der Waals surface area contributed by atoms with Crippen molar-refractivity contribution >= 4 is 34.6 Å². The number of hydrogen-bond acceptors (Lipinski definition) is 10. The number of nitrogens with zero attached hydrogens (tertiary/aromatic N) is 2. The molecule has 1 aromatic rings. The van der Waals surface area contributed by atoms with Gasteiger partial charge >= 0.3 is 0 Å². The summed E-state index contributed by atoms with van der Waals surface area (Å²) in [6.07, 6.45) is 2.37. The first-order chi connectivity index (χ1) is 20.3. The number of hydrogen-bond donors (Lipinski definition) is 6. The minimum absolute atomic E-state index is 0.0331. The highest BCUT2D eigenvalue weighted by molar-refractivity contribution is 6.28. The number of nitrogens with one attached hydrogen (secondary N) is 2. The zero-order valence-corrected chi connectivity index (χ0v) is 27.5. The molecule has 3 aliphatic rings. The first-order valence-electron chi connectivity index (χ1n) is 15.3. The van der Waals surface area contributed by atoms with Crippen molar-refractivity contribution < 1.29 is 29.7 Å². The van der Waals surface area contributed by atoms with E-state index in [9.17, 15) is 29.7 Å². The third kappa shape index (κ3) is 5.79. The van der Waals surface area contributed by atoms with E-state index in [1.165, 1.54) is 0 Å². The van der Waals surface area contributed by atoms with E-state index in [0.717, 1.165) is 18.5 Å². The molecule has 11 nitrogen and oxygen atoms in total. The number of rotatable bonds is 10. The topological polar surface area (TPSA) is 168 Å². The standard InChI is InChI=1S/C33H49N5O6/c1-10-32(2,3)36-33(4,5)11-12-35-19-15-20(37(6)7)17-13-16-14-18-23(28(41)21(16)27(40)22(17)26(19)39)29(42)24(31(34)44)30(43)25(18)38(8)9/h15-16,18,23,25,35-36,39-40,43H,10-14H2,1-9H3,(H2,34,44)/t16-,18+,23-,25-/m0/s1. The summed E-state index contributed by atoms with van der Waals surface area (Å²) in [7, 11) is 7.16. The third-order valence-corrected chi connectivity index (χ3v) is 9.65. The van der Waals surface area contributed by atoms with Gasteiger partial charge < -0.3 is 36.6 Å². The van der Waals surface area contributed by atoms with Crippen molar-refractivity contribution in [2.24, 2.45) is 23.5 Å². The molecule has 1 saturated carbocycles. The number of benzene rings is 1. The molecule has 3 aliphatic carbocycles. The normalized spacial score (nSPS) is 23.9. The largest absolute Gasteiger partial charge is 0.510 e. The highest BCUT2D eigenvalue weighted by Gasteiger charge is 2.56. The van der Waals surface area contributed by atoms with Crippen molar-refractivity contribution in [1.29, 1.82) is 0 Å². The van der Waals surface area contributed by atoms with Crippen LogP contribution in [0.2, 0.25) is 0 Å². The van der Waals surface area contributed by atoms with E-state index < -0.39 is 52.6 Å². The maximum atomic E-state index is 14.1. The molecule has 1 amide bonds. The van der Waals surface area contributed by atoms with Gasteiger partial charge in [0.05, 0.1) is 23.2 Å². The highest BCUT2D eigenvalue weighted by Crippen LogP contribution is 2.53. The fourth-order valence-corrected chi connectivity index (χ4v) is 7.42. The summed E-state index contributed by atoms with van der Waals surface area (Å²) in [6.45, 7) is 11.3. The van der Waals surface area contributed by atoms with Crippen LogP contribution in [0.25, 0.3) is 5.76 Å². The van der Waals surface area contributed by atoms with Crippen LogP contribution in [0.15, 0.2) is 23.0 Å². The molecule has 0 aliphatic heterocycles. The maximum Gasteiger partial charge on any atom is 0.255 e. The Morgan fingerprint density at radius 2 is 1.68 bits per heavy atom. The van der Waals surface area contributed by atoms with Gasteiger partial charge in [-0.25, -0.2) is 0 Å². The summed E-state index contributed by atoms with van der Waals surface area (Å²) in [5, 5.41) is 41.2.